The number of nitrogens with zero attached hydrogens (tertiary/aromatic N) is 1. The average Bonchev–Trinajstić information content (AvgIpc) is 2.87. The molecule has 6 heteroatoms. The minimum absolute atomic E-state index is 0.0765. The summed E-state index contributed by atoms with van der Waals surface area (Å²) in [4.78, 5) is 27.5. The molecule has 0 atom stereocenters. The molecule has 1 heterocycles. The van der Waals surface area contributed by atoms with Crippen molar-refractivity contribution < 1.29 is 14.7 Å². The van der Waals surface area contributed by atoms with Gasteiger partial charge in [-0.1, -0.05) is 27.7 Å². The molecule has 0 saturated carbocycles. The van der Waals surface area contributed by atoms with Gasteiger partial charge < -0.3 is 10.4 Å². The Bertz CT molecular complexity index is 479. The van der Waals surface area contributed by atoms with Crippen molar-refractivity contribution in [2.75, 3.05) is 0 Å². The number of rotatable bonds is 7. The van der Waals surface area contributed by atoms with Crippen LogP contribution >= 0.6 is 11.3 Å². The summed E-state index contributed by atoms with van der Waals surface area (Å²) >= 11 is 1.45. The highest BCUT2D eigenvalue weighted by Crippen LogP contribution is 2.23. The highest BCUT2D eigenvalue weighted by atomic mass is 32.1. The van der Waals surface area contributed by atoms with E-state index in [1.165, 1.54) is 11.3 Å². The van der Waals surface area contributed by atoms with Crippen molar-refractivity contribution in [3.63, 3.8) is 0 Å². The quantitative estimate of drug-likeness (QED) is 0.811. The summed E-state index contributed by atoms with van der Waals surface area (Å²) < 4.78 is 0. The lowest BCUT2D eigenvalue weighted by Gasteiger charge is -2.31. The number of nitrogens with one attached hydrogen (secondary N) is 1. The molecule has 1 aromatic heterocycles. The number of thiazole rings is 1. The summed E-state index contributed by atoms with van der Waals surface area (Å²) in [6.45, 7) is 7.81. The molecule has 0 aliphatic carbocycles. The second kappa shape index (κ2) is 6.83. The Kier molecular flexibility index (Phi) is 5.68. The van der Waals surface area contributed by atoms with Gasteiger partial charge >= 0.3 is 5.97 Å². The van der Waals surface area contributed by atoms with Crippen molar-refractivity contribution >= 4 is 23.2 Å². The zero-order valence-corrected chi connectivity index (χ0v) is 13.2. The molecule has 0 radical (unpaired) electrons. The van der Waals surface area contributed by atoms with Crippen molar-refractivity contribution in [3.05, 3.63) is 16.1 Å². The summed E-state index contributed by atoms with van der Waals surface area (Å²) in [5.41, 5.74) is -0.333. The Labute approximate surface area is 123 Å². The lowest BCUT2D eigenvalue weighted by Crippen LogP contribution is -2.49. The molecule has 0 aliphatic heterocycles. The predicted octanol–water partition coefficient (Wildman–Crippen LogP) is 3.03. The van der Waals surface area contributed by atoms with E-state index in [2.05, 4.69) is 10.3 Å². The van der Waals surface area contributed by atoms with Crippen LogP contribution < -0.4 is 5.32 Å². The maximum absolute atomic E-state index is 12.2. The third kappa shape index (κ3) is 4.03. The van der Waals surface area contributed by atoms with Crippen LogP contribution in [0.2, 0.25) is 0 Å². The standard InChI is InChI=1S/C14H22N2O3S/c1-5-14(6-2,7-11(17)18)16-12(19)10-8-20-13(15-10)9(3)4/h8-9H,5-7H2,1-4H3,(H,16,19)(H,17,18). The van der Waals surface area contributed by atoms with Gasteiger partial charge in [0, 0.05) is 11.3 Å². The summed E-state index contributed by atoms with van der Waals surface area (Å²) in [5, 5.41) is 14.5. The van der Waals surface area contributed by atoms with Gasteiger partial charge in [0.25, 0.3) is 5.91 Å². The van der Waals surface area contributed by atoms with Crippen LogP contribution in [0.3, 0.4) is 0 Å². The number of hydrogen-bond acceptors (Lipinski definition) is 4. The number of carboxylic acid groups (broad SMARTS) is 1. The number of carboxylic acids is 1. The Morgan fingerprint density at radius 3 is 2.40 bits per heavy atom. The van der Waals surface area contributed by atoms with Gasteiger partial charge in [-0.2, -0.15) is 0 Å². The fourth-order valence-corrected chi connectivity index (χ4v) is 2.79. The monoisotopic (exact) mass is 298 g/mol. The Morgan fingerprint density at radius 1 is 1.40 bits per heavy atom. The van der Waals surface area contributed by atoms with Crippen molar-refractivity contribution in [1.29, 1.82) is 0 Å². The lowest BCUT2D eigenvalue weighted by molar-refractivity contribution is -0.138. The molecule has 1 aromatic rings. The van der Waals surface area contributed by atoms with Crippen molar-refractivity contribution in [1.82, 2.24) is 10.3 Å². The van der Waals surface area contributed by atoms with Gasteiger partial charge in [0.1, 0.15) is 5.69 Å². The highest BCUT2D eigenvalue weighted by molar-refractivity contribution is 7.09. The molecule has 5 nitrogen and oxygen atoms in total. The second-order valence-electron chi connectivity index (χ2n) is 5.24. The van der Waals surface area contributed by atoms with Crippen LogP contribution in [0, 0.1) is 0 Å². The van der Waals surface area contributed by atoms with E-state index >= 15 is 0 Å². The summed E-state index contributed by atoms with van der Waals surface area (Å²) in [6.07, 6.45) is 1.07. The molecule has 2 N–H and O–H groups in total. The molecule has 0 aliphatic rings. The molecule has 0 fully saturated rings. The van der Waals surface area contributed by atoms with E-state index in [0.717, 1.165) is 5.01 Å². The SMILES string of the molecule is CCC(CC)(CC(=O)O)NC(=O)c1csc(C(C)C)n1. The van der Waals surface area contributed by atoms with Crippen molar-refractivity contribution in [2.24, 2.45) is 0 Å². The Morgan fingerprint density at radius 2 is 2.00 bits per heavy atom. The van der Waals surface area contributed by atoms with Crippen molar-refractivity contribution in [2.45, 2.75) is 58.4 Å². The van der Waals surface area contributed by atoms with E-state index in [9.17, 15) is 9.59 Å². The number of carbonyl (C=O) groups excluding carboxylic acids is 1. The van der Waals surface area contributed by atoms with E-state index < -0.39 is 11.5 Å². The summed E-state index contributed by atoms with van der Waals surface area (Å²) in [5.74, 6) is -0.920. The molecule has 0 unspecified atom stereocenters. The van der Waals surface area contributed by atoms with Crippen LogP contribution in [0.1, 0.15) is 68.4 Å². The zero-order valence-electron chi connectivity index (χ0n) is 12.4. The van der Waals surface area contributed by atoms with Gasteiger partial charge in [-0.15, -0.1) is 11.3 Å². The summed E-state index contributed by atoms with van der Waals surface area (Å²) in [7, 11) is 0. The van der Waals surface area contributed by atoms with Gasteiger partial charge in [0.05, 0.1) is 17.0 Å². The number of amides is 1. The number of hydrogen-bond donors (Lipinski definition) is 2. The summed E-state index contributed by atoms with van der Waals surface area (Å²) in [6, 6.07) is 0. The third-order valence-electron chi connectivity index (χ3n) is 3.47. The molecule has 0 aromatic carbocycles. The largest absolute Gasteiger partial charge is 0.481 e. The van der Waals surface area contributed by atoms with Crippen LogP contribution in [-0.2, 0) is 4.79 Å². The maximum Gasteiger partial charge on any atom is 0.305 e. The van der Waals surface area contributed by atoms with Crippen LogP contribution in [-0.4, -0.2) is 27.5 Å². The zero-order chi connectivity index (χ0) is 15.3. The van der Waals surface area contributed by atoms with Gasteiger partial charge in [0.15, 0.2) is 0 Å². The van der Waals surface area contributed by atoms with Gasteiger partial charge in [-0.05, 0) is 12.8 Å². The smallest absolute Gasteiger partial charge is 0.305 e. The van der Waals surface area contributed by atoms with E-state index in [1.54, 1.807) is 5.38 Å². The molecule has 0 bridgehead atoms. The predicted molar refractivity (Wildman–Crippen MR) is 79.2 cm³/mol. The Balaban J connectivity index is 2.87. The molecule has 20 heavy (non-hydrogen) atoms. The van der Waals surface area contributed by atoms with Gasteiger partial charge in [-0.3, -0.25) is 9.59 Å². The first-order chi connectivity index (χ1) is 9.33. The minimum Gasteiger partial charge on any atom is -0.481 e. The number of carbonyl (C=O) groups is 2. The first-order valence-corrected chi connectivity index (χ1v) is 7.71. The highest BCUT2D eigenvalue weighted by Gasteiger charge is 2.31. The number of aromatic nitrogens is 1. The molecular formula is C14H22N2O3S. The molecule has 112 valence electrons. The van der Waals surface area contributed by atoms with E-state index in [4.69, 9.17) is 5.11 Å². The first-order valence-electron chi connectivity index (χ1n) is 6.83. The molecule has 0 saturated heterocycles. The maximum atomic E-state index is 12.2. The molecule has 1 amide bonds. The topological polar surface area (TPSA) is 79.3 Å². The lowest BCUT2D eigenvalue weighted by atomic mass is 9.89. The molecule has 0 spiro atoms. The van der Waals surface area contributed by atoms with Crippen LogP contribution in [0.4, 0.5) is 0 Å². The molecular weight excluding hydrogens is 276 g/mol. The molecule has 1 rings (SSSR count). The average molecular weight is 298 g/mol. The first kappa shape index (κ1) is 16.6. The second-order valence-corrected chi connectivity index (χ2v) is 6.13. The minimum atomic E-state index is -0.907. The Hall–Kier alpha value is -1.43. The van der Waals surface area contributed by atoms with Crippen molar-refractivity contribution in [3.8, 4) is 0 Å². The van der Waals surface area contributed by atoms with Crippen LogP contribution in [0.25, 0.3) is 0 Å². The number of aliphatic carboxylic acids is 1. The van der Waals surface area contributed by atoms with E-state index in [-0.39, 0.29) is 18.2 Å². The van der Waals surface area contributed by atoms with E-state index in [1.807, 2.05) is 27.7 Å². The van der Waals surface area contributed by atoms with Crippen LogP contribution in [0.5, 0.6) is 0 Å². The van der Waals surface area contributed by atoms with Crippen LogP contribution in [0.15, 0.2) is 5.38 Å². The fraction of sp³-hybridized carbons (Fsp3) is 0.643. The van der Waals surface area contributed by atoms with Gasteiger partial charge in [0.2, 0.25) is 0 Å². The fourth-order valence-electron chi connectivity index (χ4n) is 1.97. The van der Waals surface area contributed by atoms with Gasteiger partial charge in [-0.25, -0.2) is 4.98 Å². The normalized spacial score (nSPS) is 11.7. The van der Waals surface area contributed by atoms with E-state index in [0.29, 0.717) is 18.5 Å². The third-order valence-corrected chi connectivity index (χ3v) is 4.62.